The van der Waals surface area contributed by atoms with E-state index in [2.05, 4.69) is 39.0 Å². The van der Waals surface area contributed by atoms with Gasteiger partial charge >= 0.3 is 0 Å². The lowest BCUT2D eigenvalue weighted by atomic mass is 9.90. The minimum Gasteiger partial charge on any atom is -0.356 e. The van der Waals surface area contributed by atoms with Crippen LogP contribution in [0.1, 0.15) is 24.3 Å². The lowest BCUT2D eigenvalue weighted by Crippen LogP contribution is -2.42. The number of fused-ring (bicyclic) bond motifs is 1. The van der Waals surface area contributed by atoms with Gasteiger partial charge in [0.15, 0.2) is 5.96 Å². The van der Waals surface area contributed by atoms with Crippen LogP contribution in [-0.2, 0) is 4.79 Å². The second-order valence-electron chi connectivity index (χ2n) is 6.79. The average molecular weight is 457 g/mol. The van der Waals surface area contributed by atoms with Crippen molar-refractivity contribution < 1.29 is 4.79 Å². The monoisotopic (exact) mass is 457 g/mol. The van der Waals surface area contributed by atoms with Crippen LogP contribution in [-0.4, -0.2) is 57.0 Å². The van der Waals surface area contributed by atoms with Crippen molar-refractivity contribution in [3.63, 3.8) is 0 Å². The zero-order chi connectivity index (χ0) is 16.9. The van der Waals surface area contributed by atoms with E-state index < -0.39 is 0 Å². The van der Waals surface area contributed by atoms with Crippen LogP contribution in [0.15, 0.2) is 29.3 Å². The summed E-state index contributed by atoms with van der Waals surface area (Å²) in [6.07, 6.45) is 1.74. The van der Waals surface area contributed by atoms with Crippen LogP contribution < -0.4 is 16.0 Å². The molecule has 7 heteroatoms. The molecular weight excluding hydrogens is 429 g/mol. The minimum absolute atomic E-state index is 0. The number of nitrogens with one attached hydrogen (secondary N) is 3. The number of amides is 1. The van der Waals surface area contributed by atoms with Crippen LogP contribution in [0.2, 0.25) is 0 Å². The van der Waals surface area contributed by atoms with Crippen LogP contribution in [0.25, 0.3) is 0 Å². The highest BCUT2D eigenvalue weighted by Gasteiger charge is 2.25. The molecule has 0 spiro atoms. The van der Waals surface area contributed by atoms with Gasteiger partial charge in [-0.3, -0.25) is 9.79 Å². The Morgan fingerprint density at radius 1 is 1.32 bits per heavy atom. The topological polar surface area (TPSA) is 68.8 Å². The fourth-order valence-corrected chi connectivity index (χ4v) is 3.56. The van der Waals surface area contributed by atoms with Crippen molar-refractivity contribution in [2.45, 2.75) is 18.8 Å². The summed E-state index contributed by atoms with van der Waals surface area (Å²) in [5.41, 5.74) is 2.12. The van der Waals surface area contributed by atoms with Crippen molar-refractivity contribution >= 4 is 41.5 Å². The van der Waals surface area contributed by atoms with Crippen LogP contribution in [0.3, 0.4) is 0 Å². The molecule has 3 N–H and O–H groups in total. The third kappa shape index (κ3) is 5.31. The molecule has 0 radical (unpaired) electrons. The van der Waals surface area contributed by atoms with Gasteiger partial charge in [0, 0.05) is 44.7 Å². The first kappa shape index (κ1) is 20.0. The number of likely N-dealkylation sites (tertiary alicyclic amines) is 1. The second kappa shape index (κ2) is 9.38. The van der Waals surface area contributed by atoms with Crippen molar-refractivity contribution in [1.29, 1.82) is 0 Å². The van der Waals surface area contributed by atoms with Gasteiger partial charge in [-0.15, -0.1) is 24.0 Å². The molecule has 2 aliphatic heterocycles. The number of hydrogen-bond donors (Lipinski definition) is 3. The molecule has 2 unspecified atom stereocenters. The minimum atomic E-state index is 0. The van der Waals surface area contributed by atoms with Crippen molar-refractivity contribution in [2.24, 2.45) is 10.9 Å². The standard InChI is InChI=1S/C18H27N5O.HI/c1-19-18(20-10-13-7-8-23(2)12-13)21-11-14-9-17(24)22-16-6-4-3-5-15(14)16;/h3-6,13-14H,7-12H2,1-2H3,(H,22,24)(H2,19,20,21);1H. The second-order valence-corrected chi connectivity index (χ2v) is 6.79. The van der Waals surface area contributed by atoms with Gasteiger partial charge < -0.3 is 20.9 Å². The van der Waals surface area contributed by atoms with Crippen molar-refractivity contribution in [3.05, 3.63) is 29.8 Å². The van der Waals surface area contributed by atoms with E-state index in [1.54, 1.807) is 7.05 Å². The molecule has 2 heterocycles. The van der Waals surface area contributed by atoms with E-state index in [0.29, 0.717) is 18.9 Å². The van der Waals surface area contributed by atoms with Gasteiger partial charge in [0.2, 0.25) is 5.91 Å². The van der Waals surface area contributed by atoms with E-state index in [9.17, 15) is 4.79 Å². The van der Waals surface area contributed by atoms with Gasteiger partial charge in [0.05, 0.1) is 0 Å². The van der Waals surface area contributed by atoms with Gasteiger partial charge in [0.25, 0.3) is 0 Å². The highest BCUT2D eigenvalue weighted by atomic mass is 127. The Bertz CT molecular complexity index is 621. The molecule has 1 amide bonds. The summed E-state index contributed by atoms with van der Waals surface area (Å²) < 4.78 is 0. The van der Waals surface area contributed by atoms with Crippen molar-refractivity contribution in [3.8, 4) is 0 Å². The van der Waals surface area contributed by atoms with Crippen molar-refractivity contribution in [1.82, 2.24) is 15.5 Å². The summed E-state index contributed by atoms with van der Waals surface area (Å²) in [5.74, 6) is 1.74. The normalized spacial score (nSPS) is 23.4. The molecule has 1 aromatic carbocycles. The number of carbonyl (C=O) groups is 1. The SMILES string of the molecule is CN=C(NCC1CCN(C)C1)NCC1CC(=O)Nc2ccccc21.I. The first-order chi connectivity index (χ1) is 11.7. The number of aliphatic imine (C=N–C) groups is 1. The van der Waals surface area contributed by atoms with Gasteiger partial charge in [0.1, 0.15) is 0 Å². The quantitative estimate of drug-likeness (QED) is 0.367. The Labute approximate surface area is 166 Å². The molecule has 0 aromatic heterocycles. The van der Waals surface area contributed by atoms with Crippen LogP contribution in [0.4, 0.5) is 5.69 Å². The van der Waals surface area contributed by atoms with E-state index >= 15 is 0 Å². The zero-order valence-corrected chi connectivity index (χ0v) is 17.2. The summed E-state index contributed by atoms with van der Waals surface area (Å²) >= 11 is 0. The number of para-hydroxylation sites is 1. The molecule has 6 nitrogen and oxygen atoms in total. The number of halogens is 1. The summed E-state index contributed by atoms with van der Waals surface area (Å²) in [7, 11) is 3.95. The van der Waals surface area contributed by atoms with E-state index in [1.165, 1.54) is 18.5 Å². The highest BCUT2D eigenvalue weighted by Crippen LogP contribution is 2.31. The van der Waals surface area contributed by atoms with Gasteiger partial charge in [-0.1, -0.05) is 18.2 Å². The molecule has 1 saturated heterocycles. The van der Waals surface area contributed by atoms with Crippen LogP contribution in [0.5, 0.6) is 0 Å². The molecule has 2 aliphatic rings. The van der Waals surface area contributed by atoms with E-state index in [-0.39, 0.29) is 35.8 Å². The Kier molecular flexibility index (Phi) is 7.49. The Morgan fingerprint density at radius 3 is 2.80 bits per heavy atom. The number of guanidine groups is 1. The maximum Gasteiger partial charge on any atom is 0.225 e. The predicted octanol–water partition coefficient (Wildman–Crippen LogP) is 1.85. The van der Waals surface area contributed by atoms with E-state index in [0.717, 1.165) is 24.7 Å². The first-order valence-electron chi connectivity index (χ1n) is 8.67. The summed E-state index contributed by atoms with van der Waals surface area (Å²) in [5, 5.41) is 9.74. The molecular formula is C18H28IN5O. The van der Waals surface area contributed by atoms with Gasteiger partial charge in [-0.05, 0) is 37.6 Å². The summed E-state index contributed by atoms with van der Waals surface area (Å²) in [6, 6.07) is 8.02. The summed E-state index contributed by atoms with van der Waals surface area (Å²) in [6.45, 7) is 3.95. The van der Waals surface area contributed by atoms with Gasteiger partial charge in [-0.25, -0.2) is 0 Å². The van der Waals surface area contributed by atoms with E-state index in [4.69, 9.17) is 0 Å². The molecule has 25 heavy (non-hydrogen) atoms. The molecule has 2 atom stereocenters. The zero-order valence-electron chi connectivity index (χ0n) is 14.9. The summed E-state index contributed by atoms with van der Waals surface area (Å²) in [4.78, 5) is 18.6. The molecule has 138 valence electrons. The molecule has 1 fully saturated rings. The maximum atomic E-state index is 11.9. The number of anilines is 1. The molecule has 1 aromatic rings. The lowest BCUT2D eigenvalue weighted by molar-refractivity contribution is -0.116. The smallest absolute Gasteiger partial charge is 0.225 e. The van der Waals surface area contributed by atoms with Crippen LogP contribution in [0, 0.1) is 5.92 Å². The van der Waals surface area contributed by atoms with E-state index in [1.807, 2.05) is 18.2 Å². The fraction of sp³-hybridized carbons (Fsp3) is 0.556. The van der Waals surface area contributed by atoms with Gasteiger partial charge in [-0.2, -0.15) is 0 Å². The molecule has 0 bridgehead atoms. The fourth-order valence-electron chi connectivity index (χ4n) is 3.56. The largest absolute Gasteiger partial charge is 0.356 e. The Balaban J connectivity index is 0.00000225. The molecule has 0 saturated carbocycles. The third-order valence-corrected chi connectivity index (χ3v) is 4.89. The third-order valence-electron chi connectivity index (χ3n) is 4.89. The number of benzene rings is 1. The molecule has 3 rings (SSSR count). The number of carbonyl (C=O) groups excluding carboxylic acids is 1. The number of rotatable bonds is 4. The predicted molar refractivity (Wildman–Crippen MR) is 113 cm³/mol. The Hall–Kier alpha value is -1.35. The lowest BCUT2D eigenvalue weighted by Gasteiger charge is -2.26. The number of hydrogen-bond acceptors (Lipinski definition) is 3. The number of nitrogens with zero attached hydrogens (tertiary/aromatic N) is 2. The highest BCUT2D eigenvalue weighted by molar-refractivity contribution is 14.0. The first-order valence-corrected chi connectivity index (χ1v) is 8.67. The maximum absolute atomic E-state index is 11.9. The van der Waals surface area contributed by atoms with Crippen molar-refractivity contribution in [2.75, 3.05) is 45.6 Å². The van der Waals surface area contributed by atoms with Crippen LogP contribution >= 0.6 is 24.0 Å². The average Bonchev–Trinajstić information content (AvgIpc) is 3.00. The molecule has 0 aliphatic carbocycles. The Morgan fingerprint density at radius 2 is 2.08 bits per heavy atom.